The van der Waals surface area contributed by atoms with Crippen molar-refractivity contribution in [3.63, 3.8) is 0 Å². The second-order valence-electron chi connectivity index (χ2n) is 11.7. The van der Waals surface area contributed by atoms with Gasteiger partial charge in [-0.1, -0.05) is 72.8 Å². The first-order valence-corrected chi connectivity index (χ1v) is 14.3. The van der Waals surface area contributed by atoms with Gasteiger partial charge in [-0.05, 0) is 50.3 Å². The van der Waals surface area contributed by atoms with Crippen LogP contribution in [0.4, 0.5) is 5.69 Å². The second-order valence-corrected chi connectivity index (χ2v) is 11.7. The summed E-state index contributed by atoms with van der Waals surface area (Å²) in [5.74, 6) is -3.20. The number of amides is 2. The Kier molecular flexibility index (Phi) is 6.86. The van der Waals surface area contributed by atoms with Crippen LogP contribution in [-0.4, -0.2) is 64.8 Å². The molecule has 8 heteroatoms. The molecule has 1 unspecified atom stereocenters. The quantitative estimate of drug-likeness (QED) is 0.455. The smallest absolute Gasteiger partial charge is 0.313 e. The molecule has 4 aliphatic rings. The van der Waals surface area contributed by atoms with Gasteiger partial charge < -0.3 is 24.4 Å². The van der Waals surface area contributed by atoms with Crippen LogP contribution in [0.25, 0.3) is 0 Å². The first kappa shape index (κ1) is 27.4. The molecule has 4 heterocycles. The Hall–Kier alpha value is -3.75. The first-order chi connectivity index (χ1) is 19.7. The lowest BCUT2D eigenvalue weighted by molar-refractivity contribution is -0.159. The molecule has 41 heavy (non-hydrogen) atoms. The topological polar surface area (TPSA) is 96.4 Å². The maximum absolute atomic E-state index is 14.9. The summed E-state index contributed by atoms with van der Waals surface area (Å²) in [5, 5.41) is 10.7. The van der Waals surface area contributed by atoms with E-state index in [1.165, 1.54) is 4.90 Å². The number of aryl methyl sites for hydroxylation is 2. The lowest BCUT2D eigenvalue weighted by Gasteiger charge is -2.40. The molecular formula is C33H36N2O6. The number of carbonyl (C=O) groups excluding carboxylic acids is 3. The standard InChI is InChI=1S/C33H36N2O6/c1-21-12-10-13-22(2)27(21)34-18-11-17-33-25(26-31(39)40-19-9-5-8-16-32(26,3)41-33)29(37)35(28(33)30(34)38)24(20-36)23-14-6-4-7-15-23/h4,6-8,10-17,24-26,28,36H,5,9,18-20H2,1-3H3/b16-8-/t24-,25+,26+,28?,32-,33+/m1/s1. The molecular weight excluding hydrogens is 520 g/mol. The van der Waals surface area contributed by atoms with Crippen LogP contribution in [0, 0.1) is 25.7 Å². The minimum absolute atomic E-state index is 0.245. The monoisotopic (exact) mass is 556 g/mol. The van der Waals surface area contributed by atoms with Gasteiger partial charge in [0.1, 0.15) is 17.6 Å². The van der Waals surface area contributed by atoms with Crippen LogP contribution in [0.1, 0.15) is 42.5 Å². The van der Waals surface area contributed by atoms with E-state index in [-0.39, 0.29) is 19.1 Å². The third-order valence-electron chi connectivity index (χ3n) is 9.09. The highest BCUT2D eigenvalue weighted by atomic mass is 16.6. The number of allylic oxidation sites excluding steroid dienone is 1. The number of hydrogen-bond donors (Lipinski definition) is 1. The number of ether oxygens (including phenoxy) is 2. The maximum atomic E-state index is 14.9. The molecule has 4 aliphatic heterocycles. The summed E-state index contributed by atoms with van der Waals surface area (Å²) in [6.45, 7) is 5.84. The molecule has 8 nitrogen and oxygen atoms in total. The predicted molar refractivity (Wildman–Crippen MR) is 153 cm³/mol. The lowest BCUT2D eigenvalue weighted by atomic mass is 9.74. The average Bonchev–Trinajstić information content (AvgIpc) is 3.30. The van der Waals surface area contributed by atoms with E-state index in [0.717, 1.165) is 16.8 Å². The Morgan fingerprint density at radius 1 is 0.951 bits per heavy atom. The van der Waals surface area contributed by atoms with Crippen molar-refractivity contribution < 1.29 is 29.0 Å². The van der Waals surface area contributed by atoms with Crippen LogP contribution in [0.15, 0.2) is 72.8 Å². The fourth-order valence-corrected chi connectivity index (χ4v) is 7.37. The zero-order valence-electron chi connectivity index (χ0n) is 23.7. The van der Waals surface area contributed by atoms with Gasteiger partial charge in [0, 0.05) is 12.2 Å². The largest absolute Gasteiger partial charge is 0.465 e. The summed E-state index contributed by atoms with van der Waals surface area (Å²) in [6, 6.07) is 13.1. The van der Waals surface area contributed by atoms with E-state index < -0.39 is 53.6 Å². The number of nitrogens with zero attached hydrogens (tertiary/aromatic N) is 2. The van der Waals surface area contributed by atoms with Gasteiger partial charge in [0.05, 0.1) is 30.8 Å². The zero-order valence-corrected chi connectivity index (χ0v) is 23.7. The molecule has 1 N–H and O–H groups in total. The van der Waals surface area contributed by atoms with Gasteiger partial charge >= 0.3 is 5.97 Å². The van der Waals surface area contributed by atoms with E-state index in [2.05, 4.69) is 0 Å². The van der Waals surface area contributed by atoms with Crippen LogP contribution in [0.3, 0.4) is 0 Å². The zero-order chi connectivity index (χ0) is 28.9. The Balaban J connectivity index is 1.56. The highest BCUT2D eigenvalue weighted by Crippen LogP contribution is 2.58. The minimum atomic E-state index is -1.44. The second kappa shape index (κ2) is 10.3. The molecule has 2 amide bonds. The molecule has 0 aliphatic carbocycles. The molecule has 6 atom stereocenters. The Morgan fingerprint density at radius 3 is 2.39 bits per heavy atom. The number of rotatable bonds is 4. The number of para-hydroxylation sites is 1. The molecule has 2 saturated heterocycles. The third kappa shape index (κ3) is 4.15. The predicted octanol–water partition coefficient (Wildman–Crippen LogP) is 3.80. The average molecular weight is 557 g/mol. The summed E-state index contributed by atoms with van der Waals surface area (Å²) >= 11 is 0. The molecule has 0 bridgehead atoms. The normalized spacial score (nSPS) is 32.7. The number of cyclic esters (lactones) is 1. The summed E-state index contributed by atoms with van der Waals surface area (Å²) in [7, 11) is 0. The van der Waals surface area contributed by atoms with Gasteiger partial charge in [-0.2, -0.15) is 0 Å². The number of benzene rings is 2. The fraction of sp³-hybridized carbons (Fsp3) is 0.424. The maximum Gasteiger partial charge on any atom is 0.313 e. The molecule has 0 radical (unpaired) electrons. The SMILES string of the molecule is Cc1cccc(C)c1N1CC=C[C@]23O[C@]4(C)/C=C\CCCOC(=O)[C@@H]4[C@H]2C(=O)N([C@H](CO)c2ccccc2)C3C1=O. The van der Waals surface area contributed by atoms with Crippen LogP contribution >= 0.6 is 0 Å². The van der Waals surface area contributed by atoms with Gasteiger partial charge in [0.15, 0.2) is 0 Å². The van der Waals surface area contributed by atoms with Crippen LogP contribution < -0.4 is 4.90 Å². The van der Waals surface area contributed by atoms with Crippen LogP contribution in [0.2, 0.25) is 0 Å². The molecule has 1 spiro atoms. The van der Waals surface area contributed by atoms with Crippen molar-refractivity contribution in [2.75, 3.05) is 24.7 Å². The van der Waals surface area contributed by atoms with Crippen molar-refractivity contribution >= 4 is 23.5 Å². The Bertz CT molecular complexity index is 1420. The van der Waals surface area contributed by atoms with Gasteiger partial charge in [-0.25, -0.2) is 0 Å². The highest BCUT2D eigenvalue weighted by molar-refractivity contribution is 6.06. The molecule has 214 valence electrons. The van der Waals surface area contributed by atoms with Gasteiger partial charge in [0.25, 0.3) is 5.91 Å². The third-order valence-corrected chi connectivity index (χ3v) is 9.09. The van der Waals surface area contributed by atoms with Crippen molar-refractivity contribution in [3.05, 3.63) is 89.5 Å². The molecule has 2 aromatic carbocycles. The number of anilines is 1. The van der Waals surface area contributed by atoms with Crippen molar-refractivity contribution in [2.45, 2.75) is 56.9 Å². The van der Waals surface area contributed by atoms with Crippen LogP contribution in [0.5, 0.6) is 0 Å². The van der Waals surface area contributed by atoms with Crippen molar-refractivity contribution in [1.82, 2.24) is 4.90 Å². The number of aliphatic hydroxyl groups is 1. The van der Waals surface area contributed by atoms with Crippen LogP contribution in [-0.2, 0) is 23.9 Å². The summed E-state index contributed by atoms with van der Waals surface area (Å²) in [4.78, 5) is 46.4. The molecule has 6 rings (SSSR count). The van der Waals surface area contributed by atoms with E-state index in [4.69, 9.17) is 9.47 Å². The van der Waals surface area contributed by atoms with Gasteiger partial charge in [-0.3, -0.25) is 14.4 Å². The number of hydrogen-bond acceptors (Lipinski definition) is 6. The van der Waals surface area contributed by atoms with Crippen molar-refractivity contribution in [2.24, 2.45) is 11.8 Å². The number of aliphatic hydroxyl groups excluding tert-OH is 1. The fourth-order valence-electron chi connectivity index (χ4n) is 7.37. The lowest BCUT2D eigenvalue weighted by Crippen LogP contribution is -2.57. The van der Waals surface area contributed by atoms with E-state index in [1.54, 1.807) is 11.8 Å². The minimum Gasteiger partial charge on any atom is -0.465 e. The van der Waals surface area contributed by atoms with Gasteiger partial charge in [0.2, 0.25) is 5.91 Å². The molecule has 0 saturated carbocycles. The molecule has 2 fully saturated rings. The summed E-state index contributed by atoms with van der Waals surface area (Å²) < 4.78 is 12.6. The number of fused-ring (bicyclic) bond motifs is 2. The number of likely N-dealkylation sites (tertiary alicyclic amines) is 1. The first-order valence-electron chi connectivity index (χ1n) is 14.3. The molecule has 0 aromatic heterocycles. The van der Waals surface area contributed by atoms with E-state index in [1.807, 2.05) is 86.7 Å². The van der Waals surface area contributed by atoms with E-state index in [9.17, 15) is 19.5 Å². The van der Waals surface area contributed by atoms with Crippen molar-refractivity contribution in [1.29, 1.82) is 0 Å². The Labute approximate surface area is 240 Å². The summed E-state index contributed by atoms with van der Waals surface area (Å²) in [6.07, 6.45) is 8.89. The van der Waals surface area contributed by atoms with Crippen molar-refractivity contribution in [3.8, 4) is 0 Å². The van der Waals surface area contributed by atoms with Gasteiger partial charge in [-0.15, -0.1) is 0 Å². The number of esters is 1. The van der Waals surface area contributed by atoms with E-state index >= 15 is 0 Å². The molecule has 2 aromatic rings. The van der Waals surface area contributed by atoms with E-state index in [0.29, 0.717) is 18.4 Å². The highest BCUT2D eigenvalue weighted by Gasteiger charge is 2.75. The Morgan fingerprint density at radius 2 is 1.68 bits per heavy atom. The summed E-state index contributed by atoms with van der Waals surface area (Å²) in [5.41, 5.74) is 0.732. The number of carbonyl (C=O) groups is 3.